The normalized spacial score (nSPS) is 17.9. The Morgan fingerprint density at radius 2 is 2.27 bits per heavy atom. The third kappa shape index (κ3) is 3.56. The fraction of sp³-hybridized carbons (Fsp3) is 0.357. The molecule has 1 atom stereocenters. The van der Waals surface area contributed by atoms with Gasteiger partial charge in [-0.1, -0.05) is 52.4 Å². The summed E-state index contributed by atoms with van der Waals surface area (Å²) in [5.74, 6) is 0.501. The van der Waals surface area contributed by atoms with Crippen molar-refractivity contribution in [2.75, 3.05) is 12.3 Å². The Kier molecular flexibility index (Phi) is 5.23. The van der Waals surface area contributed by atoms with Gasteiger partial charge in [0.2, 0.25) is 5.91 Å². The number of likely N-dealkylation sites (tertiary alicyclic amines) is 1. The van der Waals surface area contributed by atoms with Crippen LogP contribution in [0.5, 0.6) is 0 Å². The van der Waals surface area contributed by atoms with E-state index < -0.39 is 0 Å². The summed E-state index contributed by atoms with van der Waals surface area (Å²) in [5.41, 5.74) is 2.71. The molecule has 1 aliphatic rings. The second kappa shape index (κ2) is 7.17. The van der Waals surface area contributed by atoms with Crippen LogP contribution in [-0.4, -0.2) is 33.3 Å². The van der Waals surface area contributed by atoms with Gasteiger partial charge in [0.25, 0.3) is 0 Å². The molecule has 1 amide bonds. The Hall–Kier alpha value is -0.820. The first-order valence-electron chi connectivity index (χ1n) is 6.78. The number of amides is 1. The summed E-state index contributed by atoms with van der Waals surface area (Å²) in [7, 11) is 0. The van der Waals surface area contributed by atoms with E-state index in [1.807, 2.05) is 17.0 Å². The molecule has 0 N–H and O–H groups in total. The lowest BCUT2D eigenvalue weighted by atomic mass is 10.0. The SMILES string of the molecule is O=C(CSc1nncs1)N1CCC[C@H]1c1ccc(Cl)c(Cl)c1. The van der Waals surface area contributed by atoms with Crippen LogP contribution in [0.1, 0.15) is 24.4 Å². The number of carbonyl (C=O) groups is 1. The molecule has 1 aromatic heterocycles. The van der Waals surface area contributed by atoms with Crippen LogP contribution in [0.25, 0.3) is 0 Å². The highest BCUT2D eigenvalue weighted by molar-refractivity contribution is 8.01. The van der Waals surface area contributed by atoms with Crippen molar-refractivity contribution >= 4 is 52.2 Å². The summed E-state index contributed by atoms with van der Waals surface area (Å²) in [6, 6.07) is 5.67. The Morgan fingerprint density at radius 1 is 1.41 bits per heavy atom. The Morgan fingerprint density at radius 3 is 3.00 bits per heavy atom. The van der Waals surface area contributed by atoms with Crippen molar-refractivity contribution in [1.29, 1.82) is 0 Å². The molecule has 22 heavy (non-hydrogen) atoms. The molecule has 0 aliphatic carbocycles. The molecule has 2 aromatic rings. The second-order valence-corrected chi connectivity index (χ2v) is 7.78. The number of hydrogen-bond acceptors (Lipinski definition) is 5. The largest absolute Gasteiger partial charge is 0.335 e. The van der Waals surface area contributed by atoms with Crippen molar-refractivity contribution in [3.05, 3.63) is 39.3 Å². The van der Waals surface area contributed by atoms with E-state index in [4.69, 9.17) is 23.2 Å². The average Bonchev–Trinajstić information content (AvgIpc) is 3.18. The lowest BCUT2D eigenvalue weighted by Gasteiger charge is -2.25. The molecule has 0 radical (unpaired) electrons. The van der Waals surface area contributed by atoms with Crippen molar-refractivity contribution in [3.8, 4) is 0 Å². The van der Waals surface area contributed by atoms with E-state index in [9.17, 15) is 4.79 Å². The maximum Gasteiger partial charge on any atom is 0.233 e. The van der Waals surface area contributed by atoms with E-state index in [0.717, 1.165) is 29.3 Å². The molecular weight excluding hydrogens is 361 g/mol. The zero-order valence-corrected chi connectivity index (χ0v) is 14.7. The highest BCUT2D eigenvalue weighted by atomic mass is 35.5. The van der Waals surface area contributed by atoms with E-state index in [1.54, 1.807) is 11.6 Å². The number of aromatic nitrogens is 2. The van der Waals surface area contributed by atoms with Crippen LogP contribution >= 0.6 is 46.3 Å². The van der Waals surface area contributed by atoms with Gasteiger partial charge in [-0.25, -0.2) is 0 Å². The van der Waals surface area contributed by atoms with Crippen molar-refractivity contribution in [1.82, 2.24) is 15.1 Å². The standard InChI is InChI=1S/C14H13Cl2N3OS2/c15-10-4-3-9(6-11(10)16)12-2-1-5-19(12)13(20)7-21-14-18-17-8-22-14/h3-4,6,8,12H,1-2,5,7H2/t12-/m0/s1. The molecule has 0 unspecified atom stereocenters. The van der Waals surface area contributed by atoms with Gasteiger partial charge in [-0.05, 0) is 30.5 Å². The highest BCUT2D eigenvalue weighted by Crippen LogP contribution is 2.35. The van der Waals surface area contributed by atoms with Gasteiger partial charge in [-0.15, -0.1) is 10.2 Å². The molecule has 0 saturated carbocycles. The number of thioether (sulfide) groups is 1. The van der Waals surface area contributed by atoms with Crippen LogP contribution in [0.3, 0.4) is 0 Å². The number of nitrogens with zero attached hydrogens (tertiary/aromatic N) is 3. The number of carbonyl (C=O) groups excluding carboxylic acids is 1. The third-order valence-corrected chi connectivity index (χ3v) is 6.14. The van der Waals surface area contributed by atoms with E-state index >= 15 is 0 Å². The second-order valence-electron chi connectivity index (χ2n) is 4.91. The van der Waals surface area contributed by atoms with Gasteiger partial charge < -0.3 is 4.90 Å². The van der Waals surface area contributed by atoms with Crippen LogP contribution in [0.15, 0.2) is 28.0 Å². The summed E-state index contributed by atoms with van der Waals surface area (Å²) in [5, 5.41) is 8.78. The fourth-order valence-corrected chi connectivity index (χ4v) is 4.24. The molecule has 1 fully saturated rings. The number of halogens is 2. The summed E-state index contributed by atoms with van der Waals surface area (Å²) in [4.78, 5) is 14.4. The molecule has 116 valence electrons. The first-order valence-corrected chi connectivity index (χ1v) is 9.40. The Bertz CT molecular complexity index is 666. The quantitative estimate of drug-likeness (QED) is 0.749. The molecule has 1 aliphatic heterocycles. The summed E-state index contributed by atoms with van der Waals surface area (Å²) < 4.78 is 0.818. The maximum absolute atomic E-state index is 12.5. The Balaban J connectivity index is 1.69. The summed E-state index contributed by atoms with van der Waals surface area (Å²) in [6.45, 7) is 0.778. The minimum Gasteiger partial charge on any atom is -0.335 e. The molecule has 8 heteroatoms. The molecule has 0 spiro atoms. The van der Waals surface area contributed by atoms with Crippen LogP contribution in [0, 0.1) is 0 Å². The minimum atomic E-state index is 0.0808. The lowest BCUT2D eigenvalue weighted by molar-refractivity contribution is -0.129. The van der Waals surface area contributed by atoms with E-state index in [1.165, 1.54) is 23.1 Å². The van der Waals surface area contributed by atoms with Gasteiger partial charge in [-0.2, -0.15) is 0 Å². The molecule has 0 bridgehead atoms. The average molecular weight is 374 g/mol. The zero-order chi connectivity index (χ0) is 15.5. The van der Waals surface area contributed by atoms with Gasteiger partial charge in [0.1, 0.15) is 5.51 Å². The first kappa shape index (κ1) is 16.1. The molecule has 2 heterocycles. The number of rotatable bonds is 4. The van der Waals surface area contributed by atoms with E-state index in [0.29, 0.717) is 15.8 Å². The topological polar surface area (TPSA) is 46.1 Å². The van der Waals surface area contributed by atoms with Gasteiger partial charge in [-0.3, -0.25) is 4.79 Å². The predicted octanol–water partition coefficient (Wildman–Crippen LogP) is 4.30. The smallest absolute Gasteiger partial charge is 0.233 e. The van der Waals surface area contributed by atoms with Crippen molar-refractivity contribution < 1.29 is 4.79 Å². The number of benzene rings is 1. The maximum atomic E-state index is 12.5. The minimum absolute atomic E-state index is 0.0808. The van der Waals surface area contributed by atoms with Crippen molar-refractivity contribution in [2.24, 2.45) is 0 Å². The molecular formula is C14H13Cl2N3OS2. The van der Waals surface area contributed by atoms with E-state index in [2.05, 4.69) is 10.2 Å². The third-order valence-electron chi connectivity index (χ3n) is 3.56. The predicted molar refractivity (Wildman–Crippen MR) is 90.8 cm³/mol. The van der Waals surface area contributed by atoms with Crippen LogP contribution in [-0.2, 0) is 4.79 Å². The van der Waals surface area contributed by atoms with Crippen LogP contribution < -0.4 is 0 Å². The first-order chi connectivity index (χ1) is 10.6. The van der Waals surface area contributed by atoms with Gasteiger partial charge in [0.05, 0.1) is 21.8 Å². The number of hydrogen-bond donors (Lipinski definition) is 0. The summed E-state index contributed by atoms with van der Waals surface area (Å²) in [6.07, 6.45) is 1.95. The lowest BCUT2D eigenvalue weighted by Crippen LogP contribution is -2.31. The molecule has 1 saturated heterocycles. The summed E-state index contributed by atoms with van der Waals surface area (Å²) >= 11 is 14.9. The van der Waals surface area contributed by atoms with Gasteiger partial charge in [0.15, 0.2) is 4.34 Å². The van der Waals surface area contributed by atoms with Crippen LogP contribution in [0.4, 0.5) is 0 Å². The molecule has 3 rings (SSSR count). The Labute approximate surface area is 146 Å². The van der Waals surface area contributed by atoms with Crippen molar-refractivity contribution in [2.45, 2.75) is 23.2 Å². The molecule has 1 aromatic carbocycles. The zero-order valence-electron chi connectivity index (χ0n) is 11.5. The highest BCUT2D eigenvalue weighted by Gasteiger charge is 2.30. The monoisotopic (exact) mass is 373 g/mol. The fourth-order valence-electron chi connectivity index (χ4n) is 2.56. The van der Waals surface area contributed by atoms with Crippen molar-refractivity contribution in [3.63, 3.8) is 0 Å². The van der Waals surface area contributed by atoms with Crippen LogP contribution in [0.2, 0.25) is 10.0 Å². The van der Waals surface area contributed by atoms with Gasteiger partial charge in [0, 0.05) is 6.54 Å². The molecule has 4 nitrogen and oxygen atoms in total. The van der Waals surface area contributed by atoms with E-state index in [-0.39, 0.29) is 11.9 Å². The van der Waals surface area contributed by atoms with Gasteiger partial charge >= 0.3 is 0 Å².